The smallest absolute Gasteiger partial charge is 0.227 e. The molecule has 3 rings (SSSR count). The zero-order chi connectivity index (χ0) is 16.8. The Hall–Kier alpha value is -2.10. The van der Waals surface area contributed by atoms with Gasteiger partial charge in [-0.25, -0.2) is 4.98 Å². The Balaban J connectivity index is 1.70. The quantitative estimate of drug-likeness (QED) is 0.819. The van der Waals surface area contributed by atoms with Gasteiger partial charge in [0.15, 0.2) is 0 Å². The molecule has 1 saturated carbocycles. The number of hydrogen-bond acceptors (Lipinski definition) is 4. The van der Waals surface area contributed by atoms with E-state index < -0.39 is 0 Å². The van der Waals surface area contributed by atoms with Crippen LogP contribution in [0.3, 0.4) is 0 Å². The summed E-state index contributed by atoms with van der Waals surface area (Å²) in [5, 5.41) is 3.64. The first kappa shape index (κ1) is 16.7. The van der Waals surface area contributed by atoms with Crippen molar-refractivity contribution in [3.63, 3.8) is 0 Å². The molecule has 1 aromatic carbocycles. The fourth-order valence-electron chi connectivity index (χ4n) is 3.36. The molecular weight excluding hydrogens is 296 g/mol. The van der Waals surface area contributed by atoms with Gasteiger partial charge in [-0.05, 0) is 25.3 Å². The van der Waals surface area contributed by atoms with Gasteiger partial charge < -0.3 is 10.2 Å². The summed E-state index contributed by atoms with van der Waals surface area (Å²) in [5.74, 6) is 1.75. The van der Waals surface area contributed by atoms with E-state index in [0.717, 1.165) is 24.0 Å². The van der Waals surface area contributed by atoms with E-state index in [1.807, 2.05) is 13.0 Å². The van der Waals surface area contributed by atoms with Gasteiger partial charge in [-0.3, -0.25) is 0 Å². The number of aromatic nitrogens is 2. The van der Waals surface area contributed by atoms with Crippen molar-refractivity contribution in [1.29, 1.82) is 0 Å². The van der Waals surface area contributed by atoms with Gasteiger partial charge in [-0.1, -0.05) is 56.0 Å². The number of rotatable bonds is 5. The Kier molecular flexibility index (Phi) is 5.68. The minimum Gasteiger partial charge on any atom is -0.367 e. The van der Waals surface area contributed by atoms with E-state index in [9.17, 15) is 0 Å². The molecule has 2 aromatic rings. The number of aryl methyl sites for hydroxylation is 1. The first-order valence-electron chi connectivity index (χ1n) is 9.08. The van der Waals surface area contributed by atoms with Crippen molar-refractivity contribution < 1.29 is 0 Å². The standard InChI is InChI=1S/C20H28N4/c1-16-14-19(22-18-12-8-3-4-9-13-18)23-20(21-16)24(2)15-17-10-6-5-7-11-17/h5-7,10-11,14,18H,3-4,8-9,12-13,15H2,1-2H3,(H,21,22,23). The summed E-state index contributed by atoms with van der Waals surface area (Å²) in [6, 6.07) is 13.1. The van der Waals surface area contributed by atoms with Crippen molar-refractivity contribution in [1.82, 2.24) is 9.97 Å². The molecule has 1 heterocycles. The van der Waals surface area contributed by atoms with E-state index in [0.29, 0.717) is 6.04 Å². The minimum absolute atomic E-state index is 0.550. The van der Waals surface area contributed by atoms with Crippen LogP contribution in [0.4, 0.5) is 11.8 Å². The molecule has 0 spiro atoms. The van der Waals surface area contributed by atoms with Gasteiger partial charge in [-0.2, -0.15) is 4.98 Å². The number of benzene rings is 1. The van der Waals surface area contributed by atoms with E-state index >= 15 is 0 Å². The molecule has 128 valence electrons. The predicted octanol–water partition coefficient (Wildman–Crippen LogP) is 4.56. The topological polar surface area (TPSA) is 41.1 Å². The first-order chi connectivity index (χ1) is 11.7. The molecule has 0 amide bonds. The van der Waals surface area contributed by atoms with E-state index in [-0.39, 0.29) is 0 Å². The third-order valence-corrected chi connectivity index (χ3v) is 4.65. The molecule has 1 aliphatic rings. The van der Waals surface area contributed by atoms with Crippen LogP contribution in [0.1, 0.15) is 49.8 Å². The molecule has 4 heteroatoms. The highest BCUT2D eigenvalue weighted by molar-refractivity contribution is 5.44. The fourth-order valence-corrected chi connectivity index (χ4v) is 3.36. The zero-order valence-corrected chi connectivity index (χ0v) is 14.8. The maximum Gasteiger partial charge on any atom is 0.227 e. The number of hydrogen-bond donors (Lipinski definition) is 1. The van der Waals surface area contributed by atoms with Gasteiger partial charge in [0, 0.05) is 31.4 Å². The third kappa shape index (κ3) is 4.70. The van der Waals surface area contributed by atoms with E-state index in [4.69, 9.17) is 4.98 Å². The van der Waals surface area contributed by atoms with Crippen molar-refractivity contribution >= 4 is 11.8 Å². The second-order valence-corrected chi connectivity index (χ2v) is 6.87. The van der Waals surface area contributed by atoms with Crippen molar-refractivity contribution in [2.75, 3.05) is 17.3 Å². The highest BCUT2D eigenvalue weighted by Crippen LogP contribution is 2.22. The van der Waals surface area contributed by atoms with Gasteiger partial charge in [0.25, 0.3) is 0 Å². The molecule has 1 N–H and O–H groups in total. The van der Waals surface area contributed by atoms with E-state index in [2.05, 4.69) is 52.6 Å². The molecule has 0 atom stereocenters. The third-order valence-electron chi connectivity index (χ3n) is 4.65. The Labute approximate surface area is 145 Å². The highest BCUT2D eigenvalue weighted by atomic mass is 15.2. The van der Waals surface area contributed by atoms with Crippen LogP contribution in [0.5, 0.6) is 0 Å². The molecule has 4 nitrogen and oxygen atoms in total. The van der Waals surface area contributed by atoms with Crippen molar-refractivity contribution in [2.45, 2.75) is 58.0 Å². The Bertz CT molecular complexity index is 633. The molecule has 1 fully saturated rings. The first-order valence-corrected chi connectivity index (χ1v) is 9.08. The van der Waals surface area contributed by atoms with Gasteiger partial charge in [0.05, 0.1) is 0 Å². The lowest BCUT2D eigenvalue weighted by Crippen LogP contribution is -2.22. The Morgan fingerprint density at radius 2 is 1.75 bits per heavy atom. The number of nitrogens with zero attached hydrogens (tertiary/aromatic N) is 3. The van der Waals surface area contributed by atoms with Crippen LogP contribution < -0.4 is 10.2 Å². The average Bonchev–Trinajstić information content (AvgIpc) is 2.84. The largest absolute Gasteiger partial charge is 0.367 e. The average molecular weight is 324 g/mol. The lowest BCUT2D eigenvalue weighted by Gasteiger charge is -2.21. The highest BCUT2D eigenvalue weighted by Gasteiger charge is 2.14. The summed E-state index contributed by atoms with van der Waals surface area (Å²) in [4.78, 5) is 11.5. The van der Waals surface area contributed by atoms with Crippen LogP contribution in [0, 0.1) is 6.92 Å². The SMILES string of the molecule is Cc1cc(NC2CCCCCC2)nc(N(C)Cc2ccccc2)n1. The number of anilines is 2. The molecule has 0 radical (unpaired) electrons. The van der Waals surface area contributed by atoms with Crippen molar-refractivity contribution in [2.24, 2.45) is 0 Å². The van der Waals surface area contributed by atoms with Gasteiger partial charge >= 0.3 is 0 Å². The summed E-state index contributed by atoms with van der Waals surface area (Å²) in [7, 11) is 2.05. The van der Waals surface area contributed by atoms with E-state index in [1.54, 1.807) is 0 Å². The minimum atomic E-state index is 0.550. The van der Waals surface area contributed by atoms with Crippen LogP contribution in [0.2, 0.25) is 0 Å². The lowest BCUT2D eigenvalue weighted by atomic mass is 10.1. The maximum absolute atomic E-state index is 4.76. The van der Waals surface area contributed by atoms with Crippen molar-refractivity contribution in [3.05, 3.63) is 47.7 Å². The predicted molar refractivity (Wildman–Crippen MR) is 100 cm³/mol. The summed E-state index contributed by atoms with van der Waals surface area (Å²) >= 11 is 0. The van der Waals surface area contributed by atoms with Crippen LogP contribution in [-0.2, 0) is 6.54 Å². The van der Waals surface area contributed by atoms with Crippen LogP contribution in [0.25, 0.3) is 0 Å². The normalized spacial score (nSPS) is 15.8. The molecule has 0 aliphatic heterocycles. The molecule has 1 aromatic heterocycles. The van der Waals surface area contributed by atoms with E-state index in [1.165, 1.54) is 44.1 Å². The van der Waals surface area contributed by atoms with Gasteiger partial charge in [0.1, 0.15) is 5.82 Å². The fraction of sp³-hybridized carbons (Fsp3) is 0.500. The second-order valence-electron chi connectivity index (χ2n) is 6.87. The van der Waals surface area contributed by atoms with Gasteiger partial charge in [0.2, 0.25) is 5.95 Å². The molecule has 24 heavy (non-hydrogen) atoms. The Morgan fingerprint density at radius 3 is 2.46 bits per heavy atom. The monoisotopic (exact) mass is 324 g/mol. The summed E-state index contributed by atoms with van der Waals surface area (Å²) < 4.78 is 0. The molecule has 1 aliphatic carbocycles. The zero-order valence-electron chi connectivity index (χ0n) is 14.8. The molecule has 0 bridgehead atoms. The van der Waals surface area contributed by atoms with Crippen molar-refractivity contribution in [3.8, 4) is 0 Å². The lowest BCUT2D eigenvalue weighted by molar-refractivity contribution is 0.617. The molecule has 0 unspecified atom stereocenters. The maximum atomic E-state index is 4.76. The Morgan fingerprint density at radius 1 is 1.04 bits per heavy atom. The second kappa shape index (κ2) is 8.13. The summed E-state index contributed by atoms with van der Waals surface area (Å²) in [5.41, 5.74) is 2.28. The van der Waals surface area contributed by atoms with Crippen LogP contribution in [0.15, 0.2) is 36.4 Å². The summed E-state index contributed by atoms with van der Waals surface area (Å²) in [6.07, 6.45) is 7.87. The molecular formula is C20H28N4. The molecule has 0 saturated heterocycles. The van der Waals surface area contributed by atoms with Gasteiger partial charge in [-0.15, -0.1) is 0 Å². The number of nitrogens with one attached hydrogen (secondary N) is 1. The summed E-state index contributed by atoms with van der Waals surface area (Å²) in [6.45, 7) is 2.85. The van der Waals surface area contributed by atoms with Crippen LogP contribution in [-0.4, -0.2) is 23.1 Å². The van der Waals surface area contributed by atoms with Crippen LogP contribution >= 0.6 is 0 Å².